The van der Waals surface area contributed by atoms with E-state index >= 15 is 0 Å². The molecule has 1 heterocycles. The minimum atomic E-state index is -0.760. The van der Waals surface area contributed by atoms with Crippen LogP contribution in [0.3, 0.4) is 0 Å². The Morgan fingerprint density at radius 2 is 1.52 bits per heavy atom. The first kappa shape index (κ1) is 37.5. The van der Waals surface area contributed by atoms with Gasteiger partial charge in [-0.1, -0.05) is 72.8 Å². The number of non-ortho nitro benzene ring substituents is 1. The van der Waals surface area contributed by atoms with Gasteiger partial charge in [-0.2, -0.15) is 0 Å². The Morgan fingerprint density at radius 3 is 2.15 bits per heavy atom. The van der Waals surface area contributed by atoms with Crippen LogP contribution >= 0.6 is 0 Å². The second kappa shape index (κ2) is 17.0. The number of nitro groups is 1. The normalized spacial score (nSPS) is 12.5. The van der Waals surface area contributed by atoms with Gasteiger partial charge in [0, 0.05) is 41.7 Å². The molecule has 0 aliphatic heterocycles. The molecular weight excluding hydrogens is 656 g/mol. The summed E-state index contributed by atoms with van der Waals surface area (Å²) in [4.78, 5) is 56.2. The molecule has 0 aliphatic carbocycles. The fourth-order valence-electron chi connectivity index (χ4n) is 6.39. The zero-order valence-corrected chi connectivity index (χ0v) is 30.1. The summed E-state index contributed by atoms with van der Waals surface area (Å²) in [5.41, 5.74) is 5.12. The van der Waals surface area contributed by atoms with Gasteiger partial charge in [-0.05, 0) is 99.4 Å². The van der Waals surface area contributed by atoms with E-state index in [-0.39, 0.29) is 18.7 Å². The van der Waals surface area contributed by atoms with Crippen molar-refractivity contribution < 1.29 is 24.0 Å². The molecule has 2 unspecified atom stereocenters. The quantitative estimate of drug-likeness (QED) is 0.0674. The average molecular weight is 703 g/mol. The van der Waals surface area contributed by atoms with Gasteiger partial charge in [0.2, 0.25) is 5.91 Å². The summed E-state index contributed by atoms with van der Waals surface area (Å²) in [5, 5.41) is 15.2. The van der Waals surface area contributed by atoms with Crippen LogP contribution in [-0.2, 0) is 27.2 Å². The lowest BCUT2D eigenvalue weighted by Crippen LogP contribution is -2.48. The number of ether oxygens (including phenoxy) is 1. The lowest BCUT2D eigenvalue weighted by atomic mass is 9.94. The lowest BCUT2D eigenvalue weighted by molar-refractivity contribution is -0.384. The van der Waals surface area contributed by atoms with Gasteiger partial charge < -0.3 is 15.0 Å². The Labute approximate surface area is 304 Å². The number of aryl methyl sites for hydroxylation is 1. The number of hydrogen-bond acceptors (Lipinski definition) is 6. The molecule has 5 rings (SSSR count). The van der Waals surface area contributed by atoms with E-state index in [2.05, 4.69) is 10.3 Å². The summed E-state index contributed by atoms with van der Waals surface area (Å²) in [6.45, 7) is 7.24. The van der Waals surface area contributed by atoms with Crippen LogP contribution in [0.15, 0.2) is 109 Å². The minimum Gasteiger partial charge on any atom is -0.460 e. The lowest BCUT2D eigenvalue weighted by Gasteiger charge is -2.28. The number of nitrogens with zero attached hydrogens (tertiary/aromatic N) is 2. The Hall–Kier alpha value is -5.77. The molecule has 1 aromatic heterocycles. The number of benzene rings is 4. The van der Waals surface area contributed by atoms with Gasteiger partial charge in [0.05, 0.1) is 17.4 Å². The largest absolute Gasteiger partial charge is 0.460 e. The SMILES string of the molecule is CCN(C(=O)NC(Cc1c[nH]c2ccccc12)c1ccccc1)C(=O)C(CCCc1ccc(-c2ccc([N+](=O)[O-])cc2)cc1)CC(=O)OC(C)(C)C. The number of para-hydroxylation sites is 1. The Balaban J connectivity index is 1.29. The highest BCUT2D eigenvalue weighted by Gasteiger charge is 2.32. The third-order valence-electron chi connectivity index (χ3n) is 8.99. The molecule has 0 saturated carbocycles. The maximum atomic E-state index is 14.1. The fourth-order valence-corrected chi connectivity index (χ4v) is 6.39. The number of carbonyl (C=O) groups excluding carboxylic acids is 3. The second-order valence-corrected chi connectivity index (χ2v) is 13.9. The highest BCUT2D eigenvalue weighted by atomic mass is 16.6. The van der Waals surface area contributed by atoms with Gasteiger partial charge in [0.25, 0.3) is 5.69 Å². The third-order valence-corrected chi connectivity index (χ3v) is 8.99. The van der Waals surface area contributed by atoms with Crippen LogP contribution in [0.2, 0.25) is 0 Å². The topological polar surface area (TPSA) is 135 Å². The van der Waals surface area contributed by atoms with Crippen LogP contribution in [0, 0.1) is 16.0 Å². The zero-order valence-electron chi connectivity index (χ0n) is 30.1. The molecule has 0 fully saturated rings. The number of fused-ring (bicyclic) bond motifs is 1. The molecule has 0 aliphatic rings. The number of urea groups is 1. The molecule has 4 aromatic carbocycles. The monoisotopic (exact) mass is 702 g/mol. The number of aromatic amines is 1. The van der Waals surface area contributed by atoms with Crippen molar-refractivity contribution in [2.45, 2.75) is 71.4 Å². The minimum absolute atomic E-state index is 0.0384. The van der Waals surface area contributed by atoms with Crippen LogP contribution in [-0.4, -0.2) is 44.9 Å². The number of imide groups is 1. The van der Waals surface area contributed by atoms with Crippen molar-refractivity contribution in [2.75, 3.05) is 6.54 Å². The van der Waals surface area contributed by atoms with Crippen molar-refractivity contribution in [1.82, 2.24) is 15.2 Å². The number of nitro benzene ring substituents is 1. The summed E-state index contributed by atoms with van der Waals surface area (Å²) in [6, 6.07) is 31.1. The molecule has 10 heteroatoms. The third kappa shape index (κ3) is 9.93. The number of rotatable bonds is 14. The van der Waals surface area contributed by atoms with Crippen LogP contribution in [0.4, 0.5) is 10.5 Å². The van der Waals surface area contributed by atoms with Gasteiger partial charge in [-0.3, -0.25) is 24.6 Å². The molecule has 0 spiro atoms. The summed E-state index contributed by atoms with van der Waals surface area (Å²) < 4.78 is 5.60. The number of esters is 1. The predicted molar refractivity (Wildman–Crippen MR) is 203 cm³/mol. The van der Waals surface area contributed by atoms with Gasteiger partial charge in [-0.25, -0.2) is 4.79 Å². The number of H-pyrrole nitrogens is 1. The molecular formula is C42H46N4O6. The van der Waals surface area contributed by atoms with Crippen LogP contribution in [0.1, 0.15) is 69.7 Å². The number of amides is 3. The van der Waals surface area contributed by atoms with E-state index in [1.165, 1.54) is 17.0 Å². The fraction of sp³-hybridized carbons (Fsp3) is 0.310. The number of carbonyl (C=O) groups is 3. The van der Waals surface area contributed by atoms with E-state index in [4.69, 9.17) is 4.74 Å². The molecule has 10 nitrogen and oxygen atoms in total. The van der Waals surface area contributed by atoms with Crippen LogP contribution < -0.4 is 5.32 Å². The van der Waals surface area contributed by atoms with Crippen molar-refractivity contribution in [3.63, 3.8) is 0 Å². The maximum absolute atomic E-state index is 14.1. The standard InChI is InChI=1S/C42H46N4O6/c1-5-45(41(49)44-38(32-13-7-6-8-14-32)26-34-28-43-37-17-10-9-16-36(34)37)40(48)33(27-39(47)52-42(2,3)4)15-11-12-29-18-20-30(21-19-29)31-22-24-35(25-23-31)46(50)51/h6-10,13-14,16-25,28,33,38,43H,5,11-12,15,26-27H2,1-4H3,(H,44,49). The van der Waals surface area contributed by atoms with Crippen molar-refractivity contribution in [3.8, 4) is 11.1 Å². The molecule has 2 atom stereocenters. The summed E-state index contributed by atoms with van der Waals surface area (Å²) in [6.07, 6.45) is 3.95. The van der Waals surface area contributed by atoms with E-state index in [0.717, 1.165) is 38.7 Å². The number of nitrogens with one attached hydrogen (secondary N) is 2. The molecule has 0 saturated heterocycles. The molecule has 0 bridgehead atoms. The number of aromatic nitrogens is 1. The van der Waals surface area contributed by atoms with Crippen LogP contribution in [0.5, 0.6) is 0 Å². The van der Waals surface area contributed by atoms with Crippen molar-refractivity contribution in [1.29, 1.82) is 0 Å². The first-order chi connectivity index (χ1) is 24.9. The zero-order chi connectivity index (χ0) is 37.3. The smallest absolute Gasteiger partial charge is 0.324 e. The van der Waals surface area contributed by atoms with E-state index in [9.17, 15) is 24.5 Å². The van der Waals surface area contributed by atoms with E-state index in [1.807, 2.05) is 85.1 Å². The van der Waals surface area contributed by atoms with Gasteiger partial charge in [-0.15, -0.1) is 0 Å². The van der Waals surface area contributed by atoms with E-state index in [1.54, 1.807) is 39.8 Å². The summed E-state index contributed by atoms with van der Waals surface area (Å²) >= 11 is 0. The van der Waals surface area contributed by atoms with Crippen molar-refractivity contribution in [3.05, 3.63) is 136 Å². The first-order valence-corrected chi connectivity index (χ1v) is 17.7. The maximum Gasteiger partial charge on any atom is 0.324 e. The number of hydrogen-bond donors (Lipinski definition) is 2. The Bertz CT molecular complexity index is 1980. The second-order valence-electron chi connectivity index (χ2n) is 13.9. The van der Waals surface area contributed by atoms with Crippen molar-refractivity contribution >= 4 is 34.5 Å². The van der Waals surface area contributed by atoms with Gasteiger partial charge >= 0.3 is 12.0 Å². The molecule has 0 radical (unpaired) electrons. The average Bonchev–Trinajstić information content (AvgIpc) is 3.53. The molecule has 5 aromatic rings. The van der Waals surface area contributed by atoms with Gasteiger partial charge in [0.1, 0.15) is 5.60 Å². The summed E-state index contributed by atoms with van der Waals surface area (Å²) in [5.74, 6) is -1.67. The molecule has 3 amide bonds. The molecule has 2 N–H and O–H groups in total. The highest BCUT2D eigenvalue weighted by molar-refractivity contribution is 5.97. The van der Waals surface area contributed by atoms with Gasteiger partial charge in [0.15, 0.2) is 0 Å². The predicted octanol–water partition coefficient (Wildman–Crippen LogP) is 8.96. The van der Waals surface area contributed by atoms with E-state index in [0.29, 0.717) is 25.7 Å². The van der Waals surface area contributed by atoms with Crippen LogP contribution in [0.25, 0.3) is 22.0 Å². The Kier molecular flexibility index (Phi) is 12.2. The van der Waals surface area contributed by atoms with E-state index < -0.39 is 40.4 Å². The first-order valence-electron chi connectivity index (χ1n) is 17.7. The molecule has 270 valence electrons. The summed E-state index contributed by atoms with van der Waals surface area (Å²) in [7, 11) is 0. The highest BCUT2D eigenvalue weighted by Crippen LogP contribution is 2.27. The molecule has 52 heavy (non-hydrogen) atoms. The Morgan fingerprint density at radius 1 is 0.885 bits per heavy atom. The van der Waals surface area contributed by atoms with Crippen molar-refractivity contribution in [2.24, 2.45) is 5.92 Å².